The van der Waals surface area contributed by atoms with E-state index in [1.54, 1.807) is 0 Å². The van der Waals surface area contributed by atoms with Crippen molar-refractivity contribution >= 4 is 45.8 Å². The lowest BCUT2D eigenvalue weighted by atomic mass is 10.0. The van der Waals surface area contributed by atoms with Gasteiger partial charge in [-0.3, -0.25) is 0 Å². The van der Waals surface area contributed by atoms with Crippen LogP contribution in [-0.2, 0) is 0 Å². The predicted octanol–water partition coefficient (Wildman–Crippen LogP) is 12.6. The summed E-state index contributed by atoms with van der Waals surface area (Å²) in [5, 5.41) is 2.16. The molecule has 3 heterocycles. The average molecular weight is 533 g/mol. The Balaban J connectivity index is 1.13. The van der Waals surface area contributed by atoms with Crippen LogP contribution in [0.4, 0.5) is 0 Å². The van der Waals surface area contributed by atoms with Gasteiger partial charge in [-0.05, 0) is 47.9 Å². The topological polar surface area (TPSA) is 0 Å². The van der Waals surface area contributed by atoms with Crippen molar-refractivity contribution in [1.29, 1.82) is 0 Å². The van der Waals surface area contributed by atoms with Crippen molar-refractivity contribution in [3.8, 4) is 19.5 Å². The summed E-state index contributed by atoms with van der Waals surface area (Å²) in [5.41, 5.74) is 0. The van der Waals surface area contributed by atoms with Crippen LogP contribution in [0.1, 0.15) is 110 Å². The molecule has 0 aromatic carbocycles. The Kier molecular flexibility index (Phi) is 14.7. The molecule has 34 heavy (non-hydrogen) atoms. The van der Waals surface area contributed by atoms with Crippen LogP contribution >= 0.6 is 45.8 Å². The van der Waals surface area contributed by atoms with Gasteiger partial charge in [0, 0.05) is 19.5 Å². The van der Waals surface area contributed by atoms with E-state index in [4.69, 9.17) is 0 Å². The van der Waals surface area contributed by atoms with E-state index in [0.29, 0.717) is 0 Å². The van der Waals surface area contributed by atoms with E-state index in [1.165, 1.54) is 132 Å². The highest BCUT2D eigenvalue weighted by molar-refractivity contribution is 8.01. The Bertz CT molecular complexity index is 858. The fraction of sp³-hybridized carbons (Fsp3) is 0.600. The van der Waals surface area contributed by atoms with Crippen LogP contribution in [0, 0.1) is 0 Å². The van der Waals surface area contributed by atoms with E-state index in [2.05, 4.69) is 60.5 Å². The molecule has 0 fully saturated rings. The molecule has 0 nitrogen and oxygen atoms in total. The van der Waals surface area contributed by atoms with Crippen molar-refractivity contribution in [2.75, 3.05) is 5.75 Å². The molecular formula is C30H44S4. The smallest absolute Gasteiger partial charge is 0.0605 e. The number of hydrogen-bond donors (Lipinski definition) is 0. The fourth-order valence-corrected chi connectivity index (χ4v) is 8.51. The molecule has 188 valence electrons. The molecule has 0 bridgehead atoms. The zero-order chi connectivity index (χ0) is 23.7. The Hall–Kier alpha value is -0.550. The first kappa shape index (κ1) is 28.0. The van der Waals surface area contributed by atoms with Gasteiger partial charge in [0.1, 0.15) is 0 Å². The van der Waals surface area contributed by atoms with Gasteiger partial charge in [0.15, 0.2) is 0 Å². The van der Waals surface area contributed by atoms with E-state index in [1.807, 2.05) is 34.0 Å². The summed E-state index contributed by atoms with van der Waals surface area (Å²) in [5.74, 6) is 1.27. The van der Waals surface area contributed by atoms with Crippen LogP contribution in [0.2, 0.25) is 0 Å². The lowest BCUT2D eigenvalue weighted by Crippen LogP contribution is -1.84. The maximum Gasteiger partial charge on any atom is 0.0605 e. The summed E-state index contributed by atoms with van der Waals surface area (Å²) in [6.45, 7) is 2.30. The Morgan fingerprint density at radius 2 is 1.03 bits per heavy atom. The third kappa shape index (κ3) is 11.0. The summed E-state index contributed by atoms with van der Waals surface area (Å²) in [6, 6.07) is 13.5. The molecule has 3 rings (SSSR count). The first-order valence-corrected chi connectivity index (χ1v) is 17.2. The minimum Gasteiger partial charge on any atom is -0.143 e. The van der Waals surface area contributed by atoms with Gasteiger partial charge < -0.3 is 0 Å². The molecule has 0 atom stereocenters. The van der Waals surface area contributed by atoms with Crippen LogP contribution in [0.5, 0.6) is 0 Å². The molecule has 0 saturated heterocycles. The van der Waals surface area contributed by atoms with Crippen LogP contribution < -0.4 is 0 Å². The monoisotopic (exact) mass is 532 g/mol. The maximum absolute atomic E-state index is 2.32. The average Bonchev–Trinajstić information content (AvgIpc) is 3.62. The van der Waals surface area contributed by atoms with Gasteiger partial charge in [0.25, 0.3) is 0 Å². The lowest BCUT2D eigenvalue weighted by Gasteiger charge is -2.03. The maximum atomic E-state index is 2.32. The van der Waals surface area contributed by atoms with Crippen molar-refractivity contribution in [3.05, 3.63) is 41.8 Å². The van der Waals surface area contributed by atoms with Gasteiger partial charge in [-0.25, -0.2) is 0 Å². The molecule has 0 N–H and O–H groups in total. The second-order valence-electron chi connectivity index (χ2n) is 9.41. The number of unbranched alkanes of at least 4 members (excludes halogenated alkanes) is 15. The minimum absolute atomic E-state index is 1.27. The first-order valence-electron chi connectivity index (χ1n) is 13.7. The van der Waals surface area contributed by atoms with Gasteiger partial charge in [-0.15, -0.1) is 45.8 Å². The highest BCUT2D eigenvalue weighted by Crippen LogP contribution is 2.41. The van der Waals surface area contributed by atoms with Crippen LogP contribution in [-0.4, -0.2) is 5.75 Å². The van der Waals surface area contributed by atoms with Crippen molar-refractivity contribution in [2.24, 2.45) is 0 Å². The number of rotatable bonds is 20. The molecule has 0 aliphatic carbocycles. The summed E-state index contributed by atoms with van der Waals surface area (Å²) in [7, 11) is 0. The highest BCUT2D eigenvalue weighted by Gasteiger charge is 2.08. The van der Waals surface area contributed by atoms with Gasteiger partial charge in [0.2, 0.25) is 0 Å². The summed E-state index contributed by atoms with van der Waals surface area (Å²) < 4.78 is 1.47. The van der Waals surface area contributed by atoms with E-state index in [-0.39, 0.29) is 0 Å². The molecule has 3 aromatic rings. The van der Waals surface area contributed by atoms with Crippen molar-refractivity contribution in [1.82, 2.24) is 0 Å². The zero-order valence-electron chi connectivity index (χ0n) is 21.2. The molecule has 3 aromatic heterocycles. The standard InChI is InChI=1S/C30H44S4/c1-2-3-4-5-6-7-8-9-10-11-12-13-14-15-16-17-24-32-30-23-22-29(34-30)28-21-20-27(33-28)26-19-18-25-31-26/h18-23,25H,2-17,24H2,1H3. The van der Waals surface area contributed by atoms with Crippen molar-refractivity contribution < 1.29 is 0 Å². The number of thioether (sulfide) groups is 1. The Morgan fingerprint density at radius 3 is 1.59 bits per heavy atom. The Labute approximate surface area is 225 Å². The van der Waals surface area contributed by atoms with E-state index >= 15 is 0 Å². The van der Waals surface area contributed by atoms with E-state index < -0.39 is 0 Å². The Morgan fingerprint density at radius 1 is 0.529 bits per heavy atom. The minimum atomic E-state index is 1.27. The zero-order valence-corrected chi connectivity index (χ0v) is 24.5. The normalized spacial score (nSPS) is 11.4. The molecular weight excluding hydrogens is 489 g/mol. The predicted molar refractivity (Wildman–Crippen MR) is 161 cm³/mol. The SMILES string of the molecule is CCCCCCCCCCCCCCCCCCSc1ccc(-c2ccc(-c3cccs3)s2)s1. The molecule has 0 unspecified atom stereocenters. The van der Waals surface area contributed by atoms with E-state index in [9.17, 15) is 0 Å². The molecule has 0 radical (unpaired) electrons. The number of hydrogen-bond acceptors (Lipinski definition) is 4. The largest absolute Gasteiger partial charge is 0.143 e. The third-order valence-corrected chi connectivity index (χ3v) is 11.2. The second kappa shape index (κ2) is 17.8. The van der Waals surface area contributed by atoms with Crippen LogP contribution in [0.3, 0.4) is 0 Å². The summed E-state index contributed by atoms with van der Waals surface area (Å²) in [6.07, 6.45) is 23.1. The van der Waals surface area contributed by atoms with Gasteiger partial charge in [-0.1, -0.05) is 109 Å². The first-order chi connectivity index (χ1) is 16.9. The highest BCUT2D eigenvalue weighted by atomic mass is 32.2. The third-order valence-electron chi connectivity index (χ3n) is 6.44. The molecule has 0 saturated carbocycles. The van der Waals surface area contributed by atoms with Crippen molar-refractivity contribution in [2.45, 2.75) is 114 Å². The molecule has 0 aliphatic heterocycles. The summed E-state index contributed by atoms with van der Waals surface area (Å²) >= 11 is 7.76. The van der Waals surface area contributed by atoms with Crippen molar-refractivity contribution in [3.63, 3.8) is 0 Å². The van der Waals surface area contributed by atoms with Crippen LogP contribution in [0.25, 0.3) is 19.5 Å². The van der Waals surface area contributed by atoms with Gasteiger partial charge >= 0.3 is 0 Å². The van der Waals surface area contributed by atoms with Crippen LogP contribution in [0.15, 0.2) is 46.0 Å². The summed E-state index contributed by atoms with van der Waals surface area (Å²) in [4.78, 5) is 5.59. The molecule has 4 heteroatoms. The molecule has 0 amide bonds. The fourth-order valence-electron chi connectivity index (χ4n) is 4.37. The molecule has 0 spiro atoms. The molecule has 0 aliphatic rings. The number of thiophene rings is 3. The quantitative estimate of drug-likeness (QED) is 0.103. The second-order valence-corrected chi connectivity index (χ2v) is 13.9. The lowest BCUT2D eigenvalue weighted by molar-refractivity contribution is 0.532. The van der Waals surface area contributed by atoms with Gasteiger partial charge in [-0.2, -0.15) is 0 Å². The van der Waals surface area contributed by atoms with E-state index in [0.717, 1.165) is 0 Å². The van der Waals surface area contributed by atoms with Gasteiger partial charge in [0.05, 0.1) is 4.21 Å².